The zero-order valence-corrected chi connectivity index (χ0v) is 34.1. The van der Waals surface area contributed by atoms with Gasteiger partial charge < -0.3 is 40.1 Å². The normalized spacial score (nSPS) is 23.2. The minimum absolute atomic E-state index is 0.0629. The van der Waals surface area contributed by atoms with Crippen LogP contribution in [0.25, 0.3) is 0 Å². The second-order valence-electron chi connectivity index (χ2n) is 16.2. The Labute approximate surface area is 362 Å². The lowest BCUT2D eigenvalue weighted by atomic mass is 9.39. The standard InChI is InChI=1S/C22H18F3N3O5.C20H16F5N3O4/c1-31-16-5-12(7-26)3-4-15(16)33-18-14(6-13(8-27-18)22(23,24)25)17(29)28-21-9-20(10-21,11-21)19(30)32-2;1-31-14-12(3-2-11(21)13(14)22)32-16-10(4-9(5-27-16)20(23,24)25)15(29)28-19-6-18(7-19,8-19)17(26)30/h3-6,8H,9-11H2,1-2H3,(H,28,29);2-5H,6-8H2,1H3,(H2,26,30)(H,28,29). The number of nitrogens with two attached hydrogens (primary N) is 1. The van der Waals surface area contributed by atoms with Crippen molar-refractivity contribution in [2.75, 3.05) is 21.3 Å². The molecule has 3 amide bonds. The molecule has 2 aromatic carbocycles. The van der Waals surface area contributed by atoms with Crippen LogP contribution in [0.2, 0.25) is 0 Å². The van der Waals surface area contributed by atoms with E-state index < -0.39 is 103 Å². The predicted octanol–water partition coefficient (Wildman–Crippen LogP) is 6.92. The maximum absolute atomic E-state index is 14.0. The number of pyridine rings is 2. The second-order valence-corrected chi connectivity index (χ2v) is 16.2. The number of aromatic nitrogens is 2. The molecule has 4 aromatic rings. The molecule has 2 heterocycles. The first-order valence-corrected chi connectivity index (χ1v) is 19.1. The molecule has 2 aromatic heterocycles. The Morgan fingerprint density at radius 1 is 0.692 bits per heavy atom. The maximum Gasteiger partial charge on any atom is 0.417 e. The Morgan fingerprint density at radius 3 is 1.60 bits per heavy atom. The van der Waals surface area contributed by atoms with E-state index in [2.05, 4.69) is 20.6 Å². The first kappa shape index (κ1) is 45.8. The fraction of sp³-hybridized carbons (Fsp3) is 0.357. The van der Waals surface area contributed by atoms with Crippen molar-refractivity contribution in [3.8, 4) is 40.8 Å². The van der Waals surface area contributed by atoms with Crippen molar-refractivity contribution in [3.63, 3.8) is 0 Å². The minimum Gasteiger partial charge on any atom is -0.493 e. The van der Waals surface area contributed by atoms with E-state index in [1.54, 1.807) is 0 Å². The van der Waals surface area contributed by atoms with Crippen LogP contribution in [0.3, 0.4) is 0 Å². The highest BCUT2D eigenvalue weighted by Gasteiger charge is 2.73. The van der Waals surface area contributed by atoms with Gasteiger partial charge in [-0.15, -0.1) is 0 Å². The Balaban J connectivity index is 0.000000194. The number of carbonyl (C=O) groups is 4. The van der Waals surface area contributed by atoms with Crippen molar-refractivity contribution in [2.45, 2.75) is 62.0 Å². The highest BCUT2D eigenvalue weighted by atomic mass is 19.4. The van der Waals surface area contributed by atoms with Gasteiger partial charge in [-0.25, -0.2) is 14.4 Å². The number of carbonyl (C=O) groups excluding carboxylic acids is 4. The van der Waals surface area contributed by atoms with Gasteiger partial charge in [-0.1, -0.05) is 0 Å². The Kier molecular flexibility index (Phi) is 11.3. The van der Waals surface area contributed by atoms with Crippen molar-refractivity contribution < 1.29 is 78.0 Å². The van der Waals surface area contributed by atoms with E-state index in [0.29, 0.717) is 43.8 Å². The van der Waals surface area contributed by atoms with Crippen LogP contribution in [0.4, 0.5) is 35.1 Å². The van der Waals surface area contributed by atoms with E-state index in [1.807, 2.05) is 6.07 Å². The number of nitriles is 1. The summed E-state index contributed by atoms with van der Waals surface area (Å²) in [5, 5.41) is 14.4. The summed E-state index contributed by atoms with van der Waals surface area (Å²) < 4.78 is 133. The first-order chi connectivity index (χ1) is 30.4. The van der Waals surface area contributed by atoms with Crippen LogP contribution in [0.15, 0.2) is 54.9 Å². The molecule has 0 aliphatic heterocycles. The Bertz CT molecular complexity index is 2650. The van der Waals surface area contributed by atoms with Gasteiger partial charge in [0.1, 0.15) is 11.1 Å². The fourth-order valence-electron chi connectivity index (χ4n) is 8.67. The number of halogens is 8. The Hall–Kier alpha value is -7.25. The van der Waals surface area contributed by atoms with Crippen LogP contribution in [-0.2, 0) is 26.7 Å². The van der Waals surface area contributed by atoms with E-state index in [9.17, 15) is 54.3 Å². The molecular formula is C42H34F8N6O9. The largest absolute Gasteiger partial charge is 0.493 e. The van der Waals surface area contributed by atoms with Gasteiger partial charge in [0.15, 0.2) is 23.1 Å². The monoisotopic (exact) mass is 918 g/mol. The lowest BCUT2D eigenvalue weighted by Crippen LogP contribution is -2.78. The smallest absolute Gasteiger partial charge is 0.417 e. The summed E-state index contributed by atoms with van der Waals surface area (Å²) in [6, 6.07) is 9.04. The van der Waals surface area contributed by atoms with Crippen LogP contribution < -0.4 is 35.3 Å². The van der Waals surface area contributed by atoms with E-state index >= 15 is 0 Å². The summed E-state index contributed by atoms with van der Waals surface area (Å²) in [7, 11) is 3.65. The second kappa shape index (κ2) is 16.1. The summed E-state index contributed by atoms with van der Waals surface area (Å²) in [6.45, 7) is 0. The molecule has 23 heteroatoms. The molecule has 10 rings (SSSR count). The molecule has 0 atom stereocenters. The van der Waals surface area contributed by atoms with Crippen molar-refractivity contribution in [1.29, 1.82) is 5.26 Å². The number of ether oxygens (including phenoxy) is 5. The van der Waals surface area contributed by atoms with Crippen molar-refractivity contribution in [1.82, 2.24) is 20.6 Å². The highest BCUT2D eigenvalue weighted by molar-refractivity contribution is 5.99. The SMILES string of the molecule is COC(=O)C12CC(NC(=O)c3cc(C(F)(F)F)cnc3Oc3ccc(C#N)cc3OC)(C1)C2.COc1c(Oc2ncc(C(F)(F)F)cc2C(=O)NC23CC(C(N)=O)(C2)C3)ccc(F)c1F. The van der Waals surface area contributed by atoms with Gasteiger partial charge >= 0.3 is 18.3 Å². The number of hydrogen-bond acceptors (Lipinski definition) is 12. The fourth-order valence-corrected chi connectivity index (χ4v) is 8.67. The lowest BCUT2D eigenvalue weighted by Gasteiger charge is -2.68. The van der Waals surface area contributed by atoms with Gasteiger partial charge in [0.2, 0.25) is 29.2 Å². The molecule has 0 saturated heterocycles. The molecule has 6 fully saturated rings. The first-order valence-electron chi connectivity index (χ1n) is 19.1. The summed E-state index contributed by atoms with van der Waals surface area (Å²) in [5.41, 5.74) is -0.489. The molecule has 0 unspecified atom stereocenters. The number of methoxy groups -OCH3 is 3. The topological polar surface area (TPSA) is 214 Å². The zero-order valence-electron chi connectivity index (χ0n) is 34.1. The minimum atomic E-state index is -4.80. The number of esters is 1. The summed E-state index contributed by atoms with van der Waals surface area (Å²) in [4.78, 5) is 56.4. The third kappa shape index (κ3) is 8.35. The quantitative estimate of drug-likeness (QED) is 0.0977. The van der Waals surface area contributed by atoms with E-state index in [4.69, 9.17) is 34.7 Å². The van der Waals surface area contributed by atoms with Crippen molar-refractivity contribution >= 4 is 23.7 Å². The van der Waals surface area contributed by atoms with Crippen LogP contribution in [-0.4, -0.2) is 66.1 Å². The van der Waals surface area contributed by atoms with E-state index in [1.165, 1.54) is 32.4 Å². The maximum atomic E-state index is 14.0. The van der Waals surface area contributed by atoms with Crippen molar-refractivity contribution in [3.05, 3.63) is 94.3 Å². The Morgan fingerprint density at radius 2 is 1.17 bits per heavy atom. The molecule has 65 heavy (non-hydrogen) atoms. The molecular weight excluding hydrogens is 884 g/mol. The molecule has 342 valence electrons. The van der Waals surface area contributed by atoms with E-state index in [0.717, 1.165) is 19.2 Å². The summed E-state index contributed by atoms with van der Waals surface area (Å²) in [6.07, 6.45) is -6.62. The molecule has 0 spiro atoms. The van der Waals surface area contributed by atoms with Gasteiger partial charge in [-0.2, -0.15) is 36.0 Å². The lowest BCUT2D eigenvalue weighted by molar-refractivity contribution is -0.199. The molecule has 4 N–H and O–H groups in total. The average Bonchev–Trinajstić information content (AvgIpc) is 3.20. The van der Waals surface area contributed by atoms with Crippen LogP contribution in [0.5, 0.6) is 34.8 Å². The molecule has 0 radical (unpaired) electrons. The number of amides is 3. The van der Waals surface area contributed by atoms with Crippen molar-refractivity contribution in [2.24, 2.45) is 16.6 Å². The molecule has 15 nitrogen and oxygen atoms in total. The number of hydrogen-bond donors (Lipinski definition) is 3. The zero-order chi connectivity index (χ0) is 47.5. The molecule has 6 saturated carbocycles. The van der Waals surface area contributed by atoms with Gasteiger partial charge in [-0.3, -0.25) is 19.2 Å². The number of primary amides is 1. The predicted molar refractivity (Wildman–Crippen MR) is 203 cm³/mol. The van der Waals surface area contributed by atoms with Gasteiger partial charge in [0.05, 0.1) is 54.9 Å². The number of nitrogens with one attached hydrogen (secondary N) is 2. The number of alkyl halides is 6. The number of nitrogens with zero attached hydrogens (tertiary/aromatic N) is 3. The third-order valence-corrected chi connectivity index (χ3v) is 11.7. The summed E-state index contributed by atoms with van der Waals surface area (Å²) >= 11 is 0. The molecule has 4 bridgehead atoms. The average molecular weight is 919 g/mol. The van der Waals surface area contributed by atoms with Gasteiger partial charge in [-0.05, 0) is 74.9 Å². The van der Waals surface area contributed by atoms with Crippen LogP contribution in [0.1, 0.15) is 75.9 Å². The van der Waals surface area contributed by atoms with Crippen LogP contribution in [0, 0.1) is 33.8 Å². The number of benzene rings is 2. The van der Waals surface area contributed by atoms with E-state index in [-0.39, 0.29) is 48.2 Å². The third-order valence-electron chi connectivity index (χ3n) is 11.7. The van der Waals surface area contributed by atoms with Gasteiger partial charge in [0, 0.05) is 29.5 Å². The van der Waals surface area contributed by atoms with Gasteiger partial charge in [0.25, 0.3) is 11.8 Å². The summed E-state index contributed by atoms with van der Waals surface area (Å²) in [5.74, 6) is -7.00. The highest BCUT2D eigenvalue weighted by Crippen LogP contribution is 2.68. The molecule has 6 aliphatic carbocycles. The number of rotatable bonds is 12. The molecule has 6 aliphatic rings. The van der Waals surface area contributed by atoms with Crippen LogP contribution >= 0.6 is 0 Å².